The summed E-state index contributed by atoms with van der Waals surface area (Å²) in [5, 5.41) is 2.66. The Hall–Kier alpha value is -2.65. The molecule has 10 heteroatoms. The van der Waals surface area contributed by atoms with Crippen molar-refractivity contribution in [2.45, 2.75) is 50.7 Å². The van der Waals surface area contributed by atoms with Gasteiger partial charge < -0.3 is 24.3 Å². The van der Waals surface area contributed by atoms with Gasteiger partial charge in [0.15, 0.2) is 17.8 Å². The Bertz CT molecular complexity index is 756. The van der Waals surface area contributed by atoms with Crippen molar-refractivity contribution in [2.24, 2.45) is 0 Å². The van der Waals surface area contributed by atoms with E-state index in [1.165, 1.54) is 13.8 Å². The lowest BCUT2D eigenvalue weighted by molar-refractivity contribution is -0.211. The number of carbonyl (C=O) groups is 4. The Morgan fingerprint density at radius 3 is 2.10 bits per heavy atom. The van der Waals surface area contributed by atoms with Crippen molar-refractivity contribution in [2.75, 3.05) is 6.61 Å². The van der Waals surface area contributed by atoms with Gasteiger partial charge in [-0.3, -0.25) is 19.2 Å². The zero-order valence-corrected chi connectivity index (χ0v) is 16.9. The van der Waals surface area contributed by atoms with Crippen molar-refractivity contribution >= 4 is 35.4 Å². The van der Waals surface area contributed by atoms with Crippen molar-refractivity contribution < 1.29 is 38.1 Å². The number of benzene rings is 1. The topological polar surface area (TPSA) is 117 Å². The second-order valence-corrected chi connectivity index (χ2v) is 6.77. The molecule has 29 heavy (non-hydrogen) atoms. The predicted octanol–water partition coefficient (Wildman–Crippen LogP) is 1.18. The molecule has 1 N–H and O–H groups in total. The molecular formula is C19H22ClNO8. The molecule has 1 aromatic rings. The Balaban J connectivity index is 2.30. The summed E-state index contributed by atoms with van der Waals surface area (Å²) in [6.07, 6.45) is -3.33. The number of amides is 1. The molecule has 0 aliphatic carbocycles. The van der Waals surface area contributed by atoms with Crippen molar-refractivity contribution in [3.05, 3.63) is 35.9 Å². The zero-order valence-electron chi connectivity index (χ0n) is 16.1. The molecule has 0 saturated carbocycles. The predicted molar refractivity (Wildman–Crippen MR) is 100.0 cm³/mol. The van der Waals surface area contributed by atoms with Crippen LogP contribution in [0.4, 0.5) is 0 Å². The van der Waals surface area contributed by atoms with Gasteiger partial charge in [-0.25, -0.2) is 0 Å². The zero-order chi connectivity index (χ0) is 21.6. The van der Waals surface area contributed by atoms with Gasteiger partial charge in [-0.05, 0) is 12.1 Å². The summed E-state index contributed by atoms with van der Waals surface area (Å²) in [5.41, 5.74) is -0.802. The summed E-state index contributed by atoms with van der Waals surface area (Å²) in [4.78, 5) is 47.0. The van der Waals surface area contributed by atoms with Crippen LogP contribution in [0.15, 0.2) is 30.3 Å². The van der Waals surface area contributed by atoms with E-state index in [9.17, 15) is 19.2 Å². The van der Waals surface area contributed by atoms with Crippen molar-refractivity contribution in [3.63, 3.8) is 0 Å². The molecular weight excluding hydrogens is 406 g/mol. The number of hydrogen-bond donors (Lipinski definition) is 1. The van der Waals surface area contributed by atoms with Crippen LogP contribution in [0.25, 0.3) is 0 Å². The molecule has 1 saturated heterocycles. The first-order valence-electron chi connectivity index (χ1n) is 8.82. The van der Waals surface area contributed by atoms with Crippen molar-refractivity contribution in [1.29, 1.82) is 0 Å². The van der Waals surface area contributed by atoms with E-state index in [2.05, 4.69) is 5.32 Å². The van der Waals surface area contributed by atoms with E-state index < -0.39 is 53.7 Å². The third-order valence-electron chi connectivity index (χ3n) is 4.02. The monoisotopic (exact) mass is 427 g/mol. The van der Waals surface area contributed by atoms with Crippen LogP contribution in [0, 0.1) is 0 Å². The summed E-state index contributed by atoms with van der Waals surface area (Å²) in [7, 11) is 0. The standard InChI is InChI=1S/C19H22ClNO8/c1-10(22)26-9-14-16(27-11(2)23)17(28-12(3)24)15(18(20)29-14)21-19(25)13-7-5-4-6-8-13/h4-8,14-18H,9H2,1-3H3,(H,21,25)/t14-,15+,16-,17-,18+/m1/s1. The highest BCUT2D eigenvalue weighted by molar-refractivity contribution is 6.20. The smallest absolute Gasteiger partial charge is 0.303 e. The molecule has 0 unspecified atom stereocenters. The van der Waals surface area contributed by atoms with Crippen LogP contribution in [-0.4, -0.2) is 60.3 Å². The lowest BCUT2D eigenvalue weighted by Crippen LogP contribution is -2.65. The first-order valence-corrected chi connectivity index (χ1v) is 9.26. The summed E-state index contributed by atoms with van der Waals surface area (Å²) < 4.78 is 21.2. The minimum atomic E-state index is -1.17. The van der Waals surface area contributed by atoms with Crippen molar-refractivity contribution in [1.82, 2.24) is 5.32 Å². The van der Waals surface area contributed by atoms with Gasteiger partial charge >= 0.3 is 17.9 Å². The van der Waals surface area contributed by atoms with Crippen LogP contribution < -0.4 is 5.32 Å². The molecule has 0 spiro atoms. The Morgan fingerprint density at radius 1 is 0.966 bits per heavy atom. The SMILES string of the molecule is CC(=O)OC[C@H]1O[C@H](Cl)[C@@H](NC(=O)c2ccccc2)[C@@H](OC(C)=O)[C@@H]1OC(C)=O. The molecule has 1 aliphatic rings. The fourth-order valence-corrected chi connectivity index (χ4v) is 3.20. The van der Waals surface area contributed by atoms with E-state index in [1.54, 1.807) is 30.3 Å². The van der Waals surface area contributed by atoms with E-state index in [-0.39, 0.29) is 6.61 Å². The molecule has 1 aliphatic heterocycles. The summed E-state index contributed by atoms with van der Waals surface area (Å²) in [5.74, 6) is -2.42. The number of esters is 3. The lowest BCUT2D eigenvalue weighted by Gasteiger charge is -2.43. The van der Waals surface area contributed by atoms with Crippen molar-refractivity contribution in [3.8, 4) is 0 Å². The number of hydrogen-bond acceptors (Lipinski definition) is 8. The molecule has 0 radical (unpaired) electrons. The lowest BCUT2D eigenvalue weighted by atomic mass is 9.97. The van der Waals surface area contributed by atoms with E-state index in [4.69, 9.17) is 30.5 Å². The minimum absolute atomic E-state index is 0.284. The fourth-order valence-electron chi connectivity index (χ4n) is 2.87. The van der Waals surface area contributed by atoms with Crippen LogP contribution in [0.5, 0.6) is 0 Å². The van der Waals surface area contributed by atoms with E-state index in [0.717, 1.165) is 6.92 Å². The van der Waals surface area contributed by atoms with Gasteiger partial charge in [-0.15, -0.1) is 0 Å². The van der Waals surface area contributed by atoms with E-state index >= 15 is 0 Å². The molecule has 1 aromatic carbocycles. The third kappa shape index (κ3) is 6.43. The normalized spacial score (nSPS) is 26.1. The summed E-state index contributed by atoms with van der Waals surface area (Å²) >= 11 is 6.30. The number of halogens is 1. The number of alkyl halides is 1. The van der Waals surface area contributed by atoms with Gasteiger partial charge in [-0.1, -0.05) is 29.8 Å². The molecule has 1 heterocycles. The maximum Gasteiger partial charge on any atom is 0.303 e. The van der Waals surface area contributed by atoms with Gasteiger partial charge in [0.05, 0.1) is 0 Å². The van der Waals surface area contributed by atoms with Gasteiger partial charge in [-0.2, -0.15) is 0 Å². The fraction of sp³-hybridized carbons (Fsp3) is 0.474. The number of ether oxygens (including phenoxy) is 4. The van der Waals surface area contributed by atoms with Gasteiger partial charge in [0.25, 0.3) is 5.91 Å². The number of nitrogens with one attached hydrogen (secondary N) is 1. The van der Waals surface area contributed by atoms with Crippen LogP contribution in [0.3, 0.4) is 0 Å². The Kier molecular flexibility index (Phi) is 7.98. The molecule has 9 nitrogen and oxygen atoms in total. The average Bonchev–Trinajstić information content (AvgIpc) is 2.65. The van der Waals surface area contributed by atoms with Crippen LogP contribution >= 0.6 is 11.6 Å². The minimum Gasteiger partial charge on any atom is -0.463 e. The molecule has 5 atom stereocenters. The first kappa shape index (κ1) is 22.6. The molecule has 0 bridgehead atoms. The van der Waals surface area contributed by atoms with Crippen LogP contribution in [0.1, 0.15) is 31.1 Å². The Labute approximate surface area is 172 Å². The highest BCUT2D eigenvalue weighted by Crippen LogP contribution is 2.29. The van der Waals surface area contributed by atoms with E-state index in [1.807, 2.05) is 0 Å². The second-order valence-electron chi connectivity index (χ2n) is 6.34. The van der Waals surface area contributed by atoms with Crippen LogP contribution in [0.2, 0.25) is 0 Å². The second kappa shape index (κ2) is 10.2. The summed E-state index contributed by atoms with van der Waals surface area (Å²) in [6, 6.07) is 7.27. The maximum atomic E-state index is 12.6. The quantitative estimate of drug-likeness (QED) is 0.408. The molecule has 2 rings (SSSR count). The van der Waals surface area contributed by atoms with Gasteiger partial charge in [0, 0.05) is 26.3 Å². The highest BCUT2D eigenvalue weighted by Gasteiger charge is 2.50. The maximum absolute atomic E-state index is 12.6. The molecule has 158 valence electrons. The largest absolute Gasteiger partial charge is 0.463 e. The number of rotatable bonds is 6. The molecule has 1 amide bonds. The highest BCUT2D eigenvalue weighted by atomic mass is 35.5. The Morgan fingerprint density at radius 2 is 1.55 bits per heavy atom. The van der Waals surface area contributed by atoms with Crippen LogP contribution in [-0.2, 0) is 33.3 Å². The third-order valence-corrected chi connectivity index (χ3v) is 4.39. The summed E-state index contributed by atoms with van der Waals surface area (Å²) in [6.45, 7) is 3.25. The first-order chi connectivity index (χ1) is 13.7. The van der Waals surface area contributed by atoms with E-state index in [0.29, 0.717) is 5.56 Å². The van der Waals surface area contributed by atoms with Gasteiger partial charge in [0.2, 0.25) is 0 Å². The molecule has 0 aromatic heterocycles. The van der Waals surface area contributed by atoms with Gasteiger partial charge in [0.1, 0.15) is 18.8 Å². The average molecular weight is 428 g/mol. The molecule has 1 fully saturated rings. The number of carbonyl (C=O) groups excluding carboxylic acids is 4.